The maximum Gasteiger partial charge on any atom is 0.271 e. The summed E-state index contributed by atoms with van der Waals surface area (Å²) in [6.45, 7) is 3.90. The Bertz CT molecular complexity index is 728. The largest absolute Gasteiger partial charge is 0.496 e. The lowest BCUT2D eigenvalue weighted by Gasteiger charge is -2.09. The Labute approximate surface area is 149 Å². The van der Waals surface area contributed by atoms with Crippen molar-refractivity contribution < 1.29 is 14.3 Å². The van der Waals surface area contributed by atoms with Crippen LogP contribution in [0.2, 0.25) is 0 Å². The van der Waals surface area contributed by atoms with Crippen LogP contribution < -0.4 is 14.9 Å². The Hall–Kier alpha value is -2.34. The molecule has 0 atom stereocenters. The summed E-state index contributed by atoms with van der Waals surface area (Å²) in [5.41, 5.74) is 3.76. The van der Waals surface area contributed by atoms with E-state index in [9.17, 15) is 4.79 Å². The van der Waals surface area contributed by atoms with Crippen LogP contribution in [-0.4, -0.2) is 25.3 Å². The second-order valence-corrected chi connectivity index (χ2v) is 6.19. The van der Waals surface area contributed by atoms with Gasteiger partial charge >= 0.3 is 0 Å². The SMILES string of the molecule is COc1ccc(Br)cc1/C=N\NC(=O)c1ccc(OC(C)C)cc1. The molecule has 0 aliphatic heterocycles. The maximum absolute atomic E-state index is 12.1. The first-order chi connectivity index (χ1) is 11.5. The number of halogens is 1. The summed E-state index contributed by atoms with van der Waals surface area (Å²) in [6, 6.07) is 12.5. The maximum atomic E-state index is 12.1. The predicted molar refractivity (Wildman–Crippen MR) is 98.0 cm³/mol. The van der Waals surface area contributed by atoms with E-state index < -0.39 is 0 Å². The van der Waals surface area contributed by atoms with Crippen LogP contribution >= 0.6 is 15.9 Å². The summed E-state index contributed by atoms with van der Waals surface area (Å²) >= 11 is 3.39. The van der Waals surface area contributed by atoms with Crippen molar-refractivity contribution in [3.05, 3.63) is 58.1 Å². The Morgan fingerprint density at radius 3 is 2.54 bits per heavy atom. The third-order valence-electron chi connectivity index (χ3n) is 3.05. The zero-order chi connectivity index (χ0) is 17.5. The van der Waals surface area contributed by atoms with Gasteiger partial charge in [-0.15, -0.1) is 0 Å². The quantitative estimate of drug-likeness (QED) is 0.598. The highest BCUT2D eigenvalue weighted by atomic mass is 79.9. The molecule has 0 radical (unpaired) electrons. The molecule has 2 aromatic carbocycles. The highest BCUT2D eigenvalue weighted by Gasteiger charge is 2.06. The Balaban J connectivity index is 2.01. The zero-order valence-electron chi connectivity index (χ0n) is 13.7. The molecule has 126 valence electrons. The minimum atomic E-state index is -0.295. The van der Waals surface area contributed by atoms with Crippen LogP contribution in [0.1, 0.15) is 29.8 Å². The number of hydrogen-bond donors (Lipinski definition) is 1. The normalized spacial score (nSPS) is 10.9. The minimum Gasteiger partial charge on any atom is -0.496 e. The molecule has 24 heavy (non-hydrogen) atoms. The number of amides is 1. The van der Waals surface area contributed by atoms with E-state index in [2.05, 4.69) is 26.5 Å². The number of ether oxygens (including phenoxy) is 2. The van der Waals surface area contributed by atoms with Crippen LogP contribution in [0.25, 0.3) is 0 Å². The molecule has 0 aliphatic rings. The molecule has 0 heterocycles. The summed E-state index contributed by atoms with van der Waals surface area (Å²) in [5, 5.41) is 3.98. The number of carbonyl (C=O) groups is 1. The Morgan fingerprint density at radius 2 is 1.92 bits per heavy atom. The van der Waals surface area contributed by atoms with E-state index in [1.165, 1.54) is 6.21 Å². The Morgan fingerprint density at radius 1 is 1.21 bits per heavy atom. The second-order valence-electron chi connectivity index (χ2n) is 5.28. The molecule has 0 saturated carbocycles. The van der Waals surface area contributed by atoms with Crippen LogP contribution in [0.15, 0.2) is 52.0 Å². The smallest absolute Gasteiger partial charge is 0.271 e. The number of benzene rings is 2. The third-order valence-corrected chi connectivity index (χ3v) is 3.54. The molecule has 2 rings (SSSR count). The molecule has 1 amide bonds. The van der Waals surface area contributed by atoms with Gasteiger partial charge in [0.1, 0.15) is 11.5 Å². The topological polar surface area (TPSA) is 59.9 Å². The minimum absolute atomic E-state index is 0.0921. The molecule has 0 saturated heterocycles. The first kappa shape index (κ1) is 18.0. The van der Waals surface area contributed by atoms with Gasteiger partial charge < -0.3 is 9.47 Å². The number of nitrogens with one attached hydrogen (secondary N) is 1. The van der Waals surface area contributed by atoms with Crippen molar-refractivity contribution >= 4 is 28.1 Å². The van der Waals surface area contributed by atoms with Crippen LogP contribution in [0.3, 0.4) is 0 Å². The van der Waals surface area contributed by atoms with Crippen LogP contribution in [0.5, 0.6) is 11.5 Å². The molecule has 6 heteroatoms. The summed E-state index contributed by atoms with van der Waals surface area (Å²) in [5.74, 6) is 1.10. The van der Waals surface area contributed by atoms with E-state index in [1.54, 1.807) is 31.4 Å². The van der Waals surface area contributed by atoms with Gasteiger partial charge in [0.05, 0.1) is 19.4 Å². The number of nitrogens with zero attached hydrogens (tertiary/aromatic N) is 1. The molecule has 0 fully saturated rings. The molecular formula is C18H19BrN2O3. The van der Waals surface area contributed by atoms with Crippen LogP contribution in [-0.2, 0) is 0 Å². The predicted octanol–water partition coefficient (Wildman–Crippen LogP) is 4.01. The third kappa shape index (κ3) is 5.09. The lowest BCUT2D eigenvalue weighted by Crippen LogP contribution is -2.17. The van der Waals surface area contributed by atoms with E-state index in [0.717, 1.165) is 15.8 Å². The molecule has 2 aromatic rings. The molecule has 0 bridgehead atoms. The molecule has 5 nitrogen and oxygen atoms in total. The number of rotatable bonds is 6. The van der Waals surface area contributed by atoms with Crippen LogP contribution in [0, 0.1) is 0 Å². The lowest BCUT2D eigenvalue weighted by atomic mass is 10.2. The van der Waals surface area contributed by atoms with Crippen molar-refractivity contribution in [3.63, 3.8) is 0 Å². The number of hydrazone groups is 1. The highest BCUT2D eigenvalue weighted by molar-refractivity contribution is 9.10. The van der Waals surface area contributed by atoms with Gasteiger partial charge in [0, 0.05) is 15.6 Å². The van der Waals surface area contributed by atoms with Gasteiger partial charge in [0.15, 0.2) is 0 Å². The van der Waals surface area contributed by atoms with Crippen molar-refractivity contribution in [2.24, 2.45) is 5.10 Å². The van der Waals surface area contributed by atoms with Gasteiger partial charge in [-0.2, -0.15) is 5.10 Å². The molecule has 1 N–H and O–H groups in total. The molecule has 0 unspecified atom stereocenters. The van der Waals surface area contributed by atoms with Crippen molar-refractivity contribution in [3.8, 4) is 11.5 Å². The summed E-state index contributed by atoms with van der Waals surface area (Å²) in [7, 11) is 1.58. The summed E-state index contributed by atoms with van der Waals surface area (Å²) < 4.78 is 11.7. The van der Waals surface area contributed by atoms with E-state index in [0.29, 0.717) is 11.3 Å². The Kier molecular flexibility index (Phi) is 6.37. The van der Waals surface area contributed by atoms with Gasteiger partial charge in [-0.25, -0.2) is 5.43 Å². The number of carbonyl (C=O) groups excluding carboxylic acids is 1. The molecule has 0 spiro atoms. The number of methoxy groups -OCH3 is 1. The van der Waals surface area contributed by atoms with E-state index in [4.69, 9.17) is 9.47 Å². The van der Waals surface area contributed by atoms with Gasteiger partial charge in [-0.3, -0.25) is 4.79 Å². The van der Waals surface area contributed by atoms with E-state index >= 15 is 0 Å². The monoisotopic (exact) mass is 390 g/mol. The van der Waals surface area contributed by atoms with Crippen molar-refractivity contribution in [2.75, 3.05) is 7.11 Å². The zero-order valence-corrected chi connectivity index (χ0v) is 15.3. The second kappa shape index (κ2) is 8.49. The van der Waals surface area contributed by atoms with E-state index in [-0.39, 0.29) is 12.0 Å². The first-order valence-electron chi connectivity index (χ1n) is 7.43. The van der Waals surface area contributed by atoms with Crippen LogP contribution in [0.4, 0.5) is 0 Å². The number of hydrogen-bond acceptors (Lipinski definition) is 4. The fraction of sp³-hybridized carbons (Fsp3) is 0.222. The average molecular weight is 391 g/mol. The van der Waals surface area contributed by atoms with Crippen molar-refractivity contribution in [2.45, 2.75) is 20.0 Å². The van der Waals surface area contributed by atoms with Crippen molar-refractivity contribution in [1.82, 2.24) is 5.43 Å². The summed E-state index contributed by atoms with van der Waals surface area (Å²) in [6.07, 6.45) is 1.63. The lowest BCUT2D eigenvalue weighted by molar-refractivity contribution is 0.0955. The van der Waals surface area contributed by atoms with Gasteiger partial charge in [-0.05, 0) is 56.3 Å². The molecule has 0 aliphatic carbocycles. The highest BCUT2D eigenvalue weighted by Crippen LogP contribution is 2.21. The van der Waals surface area contributed by atoms with Gasteiger partial charge in [0.2, 0.25) is 0 Å². The molecule has 0 aromatic heterocycles. The molecular weight excluding hydrogens is 372 g/mol. The summed E-state index contributed by atoms with van der Waals surface area (Å²) in [4.78, 5) is 12.1. The fourth-order valence-electron chi connectivity index (χ4n) is 1.99. The van der Waals surface area contributed by atoms with Gasteiger partial charge in [0.25, 0.3) is 5.91 Å². The van der Waals surface area contributed by atoms with E-state index in [1.807, 2.05) is 32.0 Å². The standard InChI is InChI=1S/C18H19BrN2O3/c1-12(2)24-16-7-4-13(5-8-16)18(22)21-20-11-14-10-15(19)6-9-17(14)23-3/h4-12H,1-3H3,(H,21,22)/b20-11-. The first-order valence-corrected chi connectivity index (χ1v) is 8.22. The fourth-order valence-corrected chi connectivity index (χ4v) is 2.37. The van der Waals surface area contributed by atoms with Crippen molar-refractivity contribution in [1.29, 1.82) is 0 Å². The average Bonchev–Trinajstić information content (AvgIpc) is 2.55. The van der Waals surface area contributed by atoms with Gasteiger partial charge in [-0.1, -0.05) is 15.9 Å².